The Bertz CT molecular complexity index is 343. The molecule has 0 amide bonds. The summed E-state index contributed by atoms with van der Waals surface area (Å²) in [5, 5.41) is 8.64. The first-order valence-electron chi connectivity index (χ1n) is 5.55. The van der Waals surface area contributed by atoms with Gasteiger partial charge in [0.05, 0.1) is 0 Å². The molecular weight excluding hydrogens is 202 g/mol. The van der Waals surface area contributed by atoms with Crippen molar-refractivity contribution in [2.45, 2.75) is 38.0 Å². The van der Waals surface area contributed by atoms with Gasteiger partial charge in [-0.05, 0) is 31.4 Å². The van der Waals surface area contributed by atoms with Gasteiger partial charge < -0.3 is 10.1 Å². The topological polar surface area (TPSA) is 53.1 Å². The molecule has 0 bridgehead atoms. The second-order valence-corrected chi connectivity index (χ2v) is 4.38. The van der Waals surface area contributed by atoms with E-state index >= 15 is 0 Å². The number of carboxylic acids is 1. The SMILES string of the molecule is C=CCC(C)(CCCC(=O)O)c1ccc[nH]1. The van der Waals surface area contributed by atoms with Gasteiger partial charge in [0.15, 0.2) is 0 Å². The molecule has 0 saturated heterocycles. The molecule has 1 unspecified atom stereocenters. The lowest BCUT2D eigenvalue weighted by Gasteiger charge is -2.27. The molecule has 0 spiro atoms. The van der Waals surface area contributed by atoms with Crippen molar-refractivity contribution in [3.05, 3.63) is 36.7 Å². The molecule has 0 aromatic carbocycles. The molecule has 2 N–H and O–H groups in total. The molecule has 0 fully saturated rings. The van der Waals surface area contributed by atoms with Gasteiger partial charge in [-0.1, -0.05) is 13.0 Å². The van der Waals surface area contributed by atoms with Crippen LogP contribution in [-0.4, -0.2) is 16.1 Å². The van der Waals surface area contributed by atoms with E-state index in [4.69, 9.17) is 5.11 Å². The Morgan fingerprint density at radius 2 is 2.44 bits per heavy atom. The van der Waals surface area contributed by atoms with Crippen molar-refractivity contribution in [1.82, 2.24) is 4.98 Å². The van der Waals surface area contributed by atoms with Gasteiger partial charge in [0.2, 0.25) is 0 Å². The molecule has 1 heterocycles. The fourth-order valence-corrected chi connectivity index (χ4v) is 2.00. The molecule has 3 nitrogen and oxygen atoms in total. The number of hydrogen-bond acceptors (Lipinski definition) is 1. The third-order valence-corrected chi connectivity index (χ3v) is 2.96. The van der Waals surface area contributed by atoms with E-state index in [0.29, 0.717) is 6.42 Å². The summed E-state index contributed by atoms with van der Waals surface area (Å²) >= 11 is 0. The first-order valence-corrected chi connectivity index (χ1v) is 5.55. The maximum Gasteiger partial charge on any atom is 0.303 e. The summed E-state index contributed by atoms with van der Waals surface area (Å²) in [4.78, 5) is 13.7. The van der Waals surface area contributed by atoms with E-state index in [1.165, 1.54) is 0 Å². The number of aliphatic carboxylic acids is 1. The summed E-state index contributed by atoms with van der Waals surface area (Å²) in [6.07, 6.45) is 6.42. The molecule has 88 valence electrons. The highest BCUT2D eigenvalue weighted by molar-refractivity contribution is 5.66. The van der Waals surface area contributed by atoms with Crippen molar-refractivity contribution in [3.8, 4) is 0 Å². The van der Waals surface area contributed by atoms with E-state index in [1.54, 1.807) is 0 Å². The minimum atomic E-state index is -0.729. The molecule has 16 heavy (non-hydrogen) atoms. The van der Waals surface area contributed by atoms with Crippen molar-refractivity contribution < 1.29 is 9.90 Å². The number of H-pyrrole nitrogens is 1. The van der Waals surface area contributed by atoms with Crippen molar-refractivity contribution in [2.75, 3.05) is 0 Å². The highest BCUT2D eigenvalue weighted by Crippen LogP contribution is 2.32. The molecule has 1 atom stereocenters. The minimum absolute atomic E-state index is 0.0271. The zero-order valence-corrected chi connectivity index (χ0v) is 9.70. The molecule has 1 aromatic heterocycles. The number of aromatic amines is 1. The zero-order valence-electron chi connectivity index (χ0n) is 9.70. The van der Waals surface area contributed by atoms with Crippen molar-refractivity contribution >= 4 is 5.97 Å². The number of aromatic nitrogens is 1. The normalized spacial score (nSPS) is 14.3. The van der Waals surface area contributed by atoms with Crippen LogP contribution in [0.15, 0.2) is 31.0 Å². The number of hydrogen-bond donors (Lipinski definition) is 2. The molecule has 0 aliphatic heterocycles. The molecule has 0 saturated carbocycles. The van der Waals surface area contributed by atoms with Crippen LogP contribution in [0, 0.1) is 0 Å². The lowest BCUT2D eigenvalue weighted by atomic mass is 9.79. The Hall–Kier alpha value is -1.51. The van der Waals surface area contributed by atoms with E-state index in [2.05, 4.69) is 18.5 Å². The van der Waals surface area contributed by atoms with Crippen LogP contribution in [0.1, 0.15) is 38.3 Å². The molecular formula is C13H19NO2. The lowest BCUT2D eigenvalue weighted by molar-refractivity contribution is -0.137. The van der Waals surface area contributed by atoms with E-state index in [0.717, 1.165) is 18.5 Å². The maximum absolute atomic E-state index is 10.5. The molecule has 1 aromatic rings. The minimum Gasteiger partial charge on any atom is -0.481 e. The summed E-state index contributed by atoms with van der Waals surface area (Å²) in [5.41, 5.74) is 1.12. The smallest absolute Gasteiger partial charge is 0.303 e. The maximum atomic E-state index is 10.5. The first-order chi connectivity index (χ1) is 7.58. The molecule has 3 heteroatoms. The van der Waals surface area contributed by atoms with E-state index in [9.17, 15) is 4.79 Å². The fourth-order valence-electron chi connectivity index (χ4n) is 2.00. The summed E-state index contributed by atoms with van der Waals surface area (Å²) in [6, 6.07) is 4.01. The monoisotopic (exact) mass is 221 g/mol. The van der Waals surface area contributed by atoms with Gasteiger partial charge in [-0.3, -0.25) is 4.79 Å². The first kappa shape index (κ1) is 12.6. The predicted molar refractivity (Wildman–Crippen MR) is 64.4 cm³/mol. The van der Waals surface area contributed by atoms with Gasteiger partial charge in [0, 0.05) is 23.7 Å². The zero-order chi connectivity index (χ0) is 12.0. The Labute approximate surface area is 96.2 Å². The lowest BCUT2D eigenvalue weighted by Crippen LogP contribution is -2.22. The van der Waals surface area contributed by atoms with Crippen LogP contribution < -0.4 is 0 Å². The van der Waals surface area contributed by atoms with Crippen LogP contribution >= 0.6 is 0 Å². The van der Waals surface area contributed by atoms with Crippen LogP contribution in [-0.2, 0) is 10.2 Å². The van der Waals surface area contributed by atoms with Crippen molar-refractivity contribution in [3.63, 3.8) is 0 Å². The number of carboxylic acid groups (broad SMARTS) is 1. The van der Waals surface area contributed by atoms with Crippen molar-refractivity contribution in [1.29, 1.82) is 0 Å². The second-order valence-electron chi connectivity index (χ2n) is 4.38. The molecule has 1 rings (SSSR count). The summed E-state index contributed by atoms with van der Waals surface area (Å²) < 4.78 is 0. The standard InChI is InChI=1S/C13H19NO2/c1-3-8-13(2,9-4-7-12(15)16)11-6-5-10-14-11/h3,5-6,10,14H,1,4,7-9H2,2H3,(H,15,16). The second kappa shape index (κ2) is 5.54. The van der Waals surface area contributed by atoms with Gasteiger partial charge in [0.1, 0.15) is 0 Å². The van der Waals surface area contributed by atoms with E-state index < -0.39 is 5.97 Å². The Balaban J connectivity index is 2.65. The van der Waals surface area contributed by atoms with Crippen LogP contribution in [0.2, 0.25) is 0 Å². The van der Waals surface area contributed by atoms with Gasteiger partial charge in [-0.2, -0.15) is 0 Å². The largest absolute Gasteiger partial charge is 0.481 e. The summed E-state index contributed by atoms with van der Waals surface area (Å²) in [5.74, 6) is -0.729. The van der Waals surface area contributed by atoms with Gasteiger partial charge in [-0.25, -0.2) is 0 Å². The highest BCUT2D eigenvalue weighted by atomic mass is 16.4. The predicted octanol–water partition coefficient (Wildman–Crippen LogP) is 3.10. The molecule has 0 aliphatic rings. The van der Waals surface area contributed by atoms with Gasteiger partial charge in [-0.15, -0.1) is 6.58 Å². The van der Waals surface area contributed by atoms with Crippen LogP contribution in [0.4, 0.5) is 0 Å². The quantitative estimate of drug-likeness (QED) is 0.695. The Morgan fingerprint density at radius 1 is 1.69 bits per heavy atom. The summed E-state index contributed by atoms with van der Waals surface area (Å²) in [7, 11) is 0. The third kappa shape index (κ3) is 3.26. The summed E-state index contributed by atoms with van der Waals surface area (Å²) in [6.45, 7) is 5.91. The average molecular weight is 221 g/mol. The Morgan fingerprint density at radius 3 is 2.94 bits per heavy atom. The average Bonchev–Trinajstić information content (AvgIpc) is 2.70. The fraction of sp³-hybridized carbons (Fsp3) is 0.462. The highest BCUT2D eigenvalue weighted by Gasteiger charge is 2.25. The van der Waals surface area contributed by atoms with E-state index in [1.807, 2.05) is 24.4 Å². The van der Waals surface area contributed by atoms with Crippen molar-refractivity contribution in [2.24, 2.45) is 0 Å². The van der Waals surface area contributed by atoms with E-state index in [-0.39, 0.29) is 11.8 Å². The van der Waals surface area contributed by atoms with Crippen LogP contribution in [0.3, 0.4) is 0 Å². The number of rotatable bonds is 7. The number of allylic oxidation sites excluding steroid dienone is 1. The number of carbonyl (C=O) groups is 1. The molecule has 0 aliphatic carbocycles. The van der Waals surface area contributed by atoms with Gasteiger partial charge >= 0.3 is 5.97 Å². The van der Waals surface area contributed by atoms with Crippen LogP contribution in [0.25, 0.3) is 0 Å². The van der Waals surface area contributed by atoms with Gasteiger partial charge in [0.25, 0.3) is 0 Å². The number of nitrogens with one attached hydrogen (secondary N) is 1. The van der Waals surface area contributed by atoms with Crippen LogP contribution in [0.5, 0.6) is 0 Å². The Kier molecular flexibility index (Phi) is 4.35. The third-order valence-electron chi connectivity index (χ3n) is 2.96. The molecule has 0 radical (unpaired) electrons.